The van der Waals surface area contributed by atoms with Crippen LogP contribution < -0.4 is 9.30 Å². The van der Waals surface area contributed by atoms with Crippen molar-refractivity contribution < 1.29 is 18.8 Å². The van der Waals surface area contributed by atoms with Gasteiger partial charge in [-0.3, -0.25) is 0 Å². The summed E-state index contributed by atoms with van der Waals surface area (Å²) in [6.45, 7) is 0.355. The second-order valence-electron chi connectivity index (χ2n) is 5.57. The van der Waals surface area contributed by atoms with Gasteiger partial charge in [0.25, 0.3) is 0 Å². The van der Waals surface area contributed by atoms with E-state index in [0.29, 0.717) is 6.61 Å². The highest BCUT2D eigenvalue weighted by Gasteiger charge is 2.06. The first-order chi connectivity index (χ1) is 12.3. The number of aromatic nitrogens is 1. The molecule has 0 bridgehead atoms. The van der Waals surface area contributed by atoms with Gasteiger partial charge in [0.1, 0.15) is 12.4 Å². The maximum Gasteiger partial charge on any atom is 0.217 e. The third kappa shape index (κ3) is 4.44. The van der Waals surface area contributed by atoms with Crippen molar-refractivity contribution in [1.82, 2.24) is 0 Å². The van der Waals surface area contributed by atoms with Gasteiger partial charge in [0.05, 0.1) is 0 Å². The number of nitrogens with zero attached hydrogens (tertiary/aromatic N) is 1. The molecule has 0 N–H and O–H groups in total. The number of para-hydroxylation sites is 1. The van der Waals surface area contributed by atoms with Gasteiger partial charge in [-0.1, -0.05) is 24.3 Å². The lowest BCUT2D eigenvalue weighted by atomic mass is 10.2. The number of pyridine rings is 1. The fraction of sp³-hybridized carbons (Fsp3) is 0.190. The molecule has 25 heavy (non-hydrogen) atoms. The predicted octanol–water partition coefficient (Wildman–Crippen LogP) is 3.75. The van der Waals surface area contributed by atoms with E-state index < -0.39 is 0 Å². The van der Waals surface area contributed by atoms with Gasteiger partial charge in [0.15, 0.2) is 18.7 Å². The van der Waals surface area contributed by atoms with Gasteiger partial charge in [-0.25, -0.2) is 0 Å². The molecule has 2 aromatic carbocycles. The fourth-order valence-electron chi connectivity index (χ4n) is 2.55. The molecular formula is C21H22NO3+. The molecule has 0 unspecified atom stereocenters. The highest BCUT2D eigenvalue weighted by atomic mass is 16.7. The molecular weight excluding hydrogens is 314 g/mol. The normalized spacial score (nSPS) is 11.5. The van der Waals surface area contributed by atoms with Crippen LogP contribution in [-0.2, 0) is 9.47 Å². The molecule has 0 aliphatic rings. The molecule has 0 aliphatic carbocycles. The average Bonchev–Trinajstić information content (AvgIpc) is 2.68. The summed E-state index contributed by atoms with van der Waals surface area (Å²) in [5.41, 5.74) is 2.27. The lowest BCUT2D eigenvalue weighted by molar-refractivity contribution is -0.538. The standard InChI is InChI=1S/C21H22NO3/c1-23-21(24-2)16-25-19-11-9-17(10-12-19)13-15-22-14-5-7-18-6-3-4-8-20(18)22/h3-15,21H,16H2,1-2H3/q+1. The monoisotopic (exact) mass is 336 g/mol. The Morgan fingerprint density at radius 3 is 2.40 bits per heavy atom. The van der Waals surface area contributed by atoms with Gasteiger partial charge in [-0.05, 0) is 29.8 Å². The SMILES string of the molecule is COC(COc1ccc(C=C[n+]2cccc3ccccc32)cc1)OC. The van der Waals surface area contributed by atoms with Crippen LogP contribution in [0.4, 0.5) is 0 Å². The van der Waals surface area contributed by atoms with E-state index in [0.717, 1.165) is 11.3 Å². The minimum Gasteiger partial charge on any atom is -0.488 e. The van der Waals surface area contributed by atoms with Gasteiger partial charge in [-0.2, -0.15) is 4.57 Å². The number of ether oxygens (including phenoxy) is 3. The van der Waals surface area contributed by atoms with Gasteiger partial charge in [0.2, 0.25) is 5.52 Å². The fourth-order valence-corrected chi connectivity index (χ4v) is 2.55. The highest BCUT2D eigenvalue weighted by molar-refractivity contribution is 5.76. The smallest absolute Gasteiger partial charge is 0.217 e. The Bertz CT molecular complexity index is 834. The average molecular weight is 336 g/mol. The molecule has 3 rings (SSSR count). The number of hydrogen-bond donors (Lipinski definition) is 0. The van der Waals surface area contributed by atoms with Crippen LogP contribution in [0, 0.1) is 0 Å². The summed E-state index contributed by atoms with van der Waals surface area (Å²) in [5.74, 6) is 0.786. The zero-order valence-corrected chi connectivity index (χ0v) is 14.5. The minimum absolute atomic E-state index is 0.355. The van der Waals surface area contributed by atoms with E-state index >= 15 is 0 Å². The van der Waals surface area contributed by atoms with E-state index in [9.17, 15) is 0 Å². The first-order valence-corrected chi connectivity index (χ1v) is 8.16. The van der Waals surface area contributed by atoms with Crippen molar-refractivity contribution in [2.24, 2.45) is 0 Å². The Morgan fingerprint density at radius 1 is 0.920 bits per heavy atom. The maximum atomic E-state index is 5.65. The maximum absolute atomic E-state index is 5.65. The summed E-state index contributed by atoms with van der Waals surface area (Å²) >= 11 is 0. The van der Waals surface area contributed by atoms with Gasteiger partial charge >= 0.3 is 0 Å². The molecule has 0 spiro atoms. The van der Waals surface area contributed by atoms with Crippen LogP contribution in [0.1, 0.15) is 5.56 Å². The zero-order valence-electron chi connectivity index (χ0n) is 14.5. The van der Waals surface area contributed by atoms with Crippen LogP contribution in [0.3, 0.4) is 0 Å². The summed E-state index contributed by atoms with van der Waals surface area (Å²) in [5, 5.41) is 1.21. The van der Waals surface area contributed by atoms with E-state index in [1.807, 2.05) is 48.7 Å². The molecule has 0 saturated carbocycles. The highest BCUT2D eigenvalue weighted by Crippen LogP contribution is 2.14. The number of benzene rings is 2. The van der Waals surface area contributed by atoms with Crippen molar-refractivity contribution in [3.05, 3.63) is 72.4 Å². The van der Waals surface area contributed by atoms with Crippen LogP contribution in [0.15, 0.2) is 66.9 Å². The second-order valence-corrected chi connectivity index (χ2v) is 5.57. The largest absolute Gasteiger partial charge is 0.488 e. The van der Waals surface area contributed by atoms with E-state index in [1.165, 1.54) is 10.9 Å². The van der Waals surface area contributed by atoms with Crippen LogP contribution in [0.25, 0.3) is 23.2 Å². The number of rotatable bonds is 7. The van der Waals surface area contributed by atoms with Crippen molar-refractivity contribution in [3.8, 4) is 5.75 Å². The first-order valence-electron chi connectivity index (χ1n) is 8.16. The van der Waals surface area contributed by atoms with Crippen LogP contribution >= 0.6 is 0 Å². The summed E-state index contributed by atoms with van der Waals surface area (Å²) in [6.07, 6.45) is 5.82. The molecule has 1 heterocycles. The minimum atomic E-state index is -0.359. The van der Waals surface area contributed by atoms with Crippen molar-refractivity contribution in [3.63, 3.8) is 0 Å². The zero-order chi connectivity index (χ0) is 17.5. The molecule has 0 fully saturated rings. The van der Waals surface area contributed by atoms with Gasteiger partial charge in [0, 0.05) is 37.8 Å². The lowest BCUT2D eigenvalue weighted by Gasteiger charge is -2.14. The Morgan fingerprint density at radius 2 is 1.64 bits per heavy atom. The summed E-state index contributed by atoms with van der Waals surface area (Å²) < 4.78 is 18.0. The van der Waals surface area contributed by atoms with Crippen molar-refractivity contribution in [1.29, 1.82) is 0 Å². The Balaban J connectivity index is 1.69. The van der Waals surface area contributed by atoms with E-state index in [-0.39, 0.29) is 6.29 Å². The Labute approximate surface area is 147 Å². The molecule has 4 heteroatoms. The van der Waals surface area contributed by atoms with E-state index in [2.05, 4.69) is 35.0 Å². The third-order valence-electron chi connectivity index (χ3n) is 3.96. The molecule has 4 nitrogen and oxygen atoms in total. The van der Waals surface area contributed by atoms with Crippen LogP contribution in [0.5, 0.6) is 5.75 Å². The van der Waals surface area contributed by atoms with Crippen molar-refractivity contribution >= 4 is 23.2 Å². The van der Waals surface area contributed by atoms with Crippen LogP contribution in [-0.4, -0.2) is 27.1 Å². The predicted molar refractivity (Wildman–Crippen MR) is 99.1 cm³/mol. The molecule has 0 saturated heterocycles. The first kappa shape index (κ1) is 17.1. The van der Waals surface area contributed by atoms with Crippen molar-refractivity contribution in [2.75, 3.05) is 20.8 Å². The van der Waals surface area contributed by atoms with Gasteiger partial charge < -0.3 is 14.2 Å². The van der Waals surface area contributed by atoms with Gasteiger partial charge in [-0.15, -0.1) is 0 Å². The lowest BCUT2D eigenvalue weighted by Crippen LogP contribution is -2.25. The molecule has 0 amide bonds. The summed E-state index contributed by atoms with van der Waals surface area (Å²) in [6, 6.07) is 20.4. The molecule has 128 valence electrons. The quantitative estimate of drug-likeness (QED) is 0.486. The molecule has 0 radical (unpaired) electrons. The Kier molecular flexibility index (Phi) is 5.77. The van der Waals surface area contributed by atoms with E-state index in [4.69, 9.17) is 14.2 Å². The molecule has 0 aliphatic heterocycles. The number of methoxy groups -OCH3 is 2. The molecule has 1 aromatic heterocycles. The molecule has 3 aromatic rings. The summed E-state index contributed by atoms with van der Waals surface area (Å²) in [7, 11) is 3.19. The second kappa shape index (κ2) is 8.42. The van der Waals surface area contributed by atoms with Crippen LogP contribution in [0.2, 0.25) is 0 Å². The number of fused-ring (bicyclic) bond motifs is 1. The third-order valence-corrected chi connectivity index (χ3v) is 3.96. The van der Waals surface area contributed by atoms with Crippen molar-refractivity contribution in [2.45, 2.75) is 6.29 Å². The molecule has 0 atom stereocenters. The summed E-state index contributed by atoms with van der Waals surface area (Å²) in [4.78, 5) is 0. The number of hydrogen-bond acceptors (Lipinski definition) is 3. The van der Waals surface area contributed by atoms with E-state index in [1.54, 1.807) is 14.2 Å². The topological polar surface area (TPSA) is 31.6 Å². The Hall–Kier alpha value is -2.69.